The van der Waals surface area contributed by atoms with E-state index in [2.05, 4.69) is 65.7 Å². The maximum Gasteiger partial charge on any atom is 0.0415 e. The first-order valence-electron chi connectivity index (χ1n) is 7.42. The van der Waals surface area contributed by atoms with Crippen LogP contribution in [0.25, 0.3) is 0 Å². The van der Waals surface area contributed by atoms with Crippen molar-refractivity contribution in [1.82, 2.24) is 5.32 Å². The van der Waals surface area contributed by atoms with Crippen molar-refractivity contribution in [2.24, 2.45) is 0 Å². The van der Waals surface area contributed by atoms with Crippen LogP contribution in [0.2, 0.25) is 0 Å². The molecule has 0 amide bonds. The second-order valence-electron chi connectivity index (χ2n) is 5.47. The molecule has 2 aromatic rings. The monoisotopic (exact) mass is 266 g/mol. The lowest BCUT2D eigenvalue weighted by Crippen LogP contribution is -2.30. The van der Waals surface area contributed by atoms with E-state index >= 15 is 0 Å². The molecular weight excluding hydrogens is 244 g/mol. The largest absolute Gasteiger partial charge is 0.370 e. The highest BCUT2D eigenvalue weighted by Gasteiger charge is 2.15. The molecule has 0 atom stereocenters. The van der Waals surface area contributed by atoms with E-state index in [1.54, 1.807) is 0 Å². The molecule has 0 aliphatic carbocycles. The van der Waals surface area contributed by atoms with Crippen LogP contribution in [0.4, 0.5) is 5.69 Å². The predicted molar refractivity (Wildman–Crippen MR) is 85.2 cm³/mol. The quantitative estimate of drug-likeness (QED) is 0.918. The first-order valence-corrected chi connectivity index (χ1v) is 7.42. The van der Waals surface area contributed by atoms with E-state index in [-0.39, 0.29) is 0 Å². The summed E-state index contributed by atoms with van der Waals surface area (Å²) < 4.78 is 0. The topological polar surface area (TPSA) is 15.3 Å². The van der Waals surface area contributed by atoms with Crippen LogP contribution in [0.5, 0.6) is 0 Å². The highest BCUT2D eigenvalue weighted by Crippen LogP contribution is 2.25. The minimum atomic E-state index is 0.990. The van der Waals surface area contributed by atoms with Gasteiger partial charge in [0.05, 0.1) is 0 Å². The van der Waals surface area contributed by atoms with E-state index in [1.807, 2.05) is 0 Å². The molecule has 1 aliphatic rings. The fraction of sp³-hybridized carbons (Fsp3) is 0.333. The fourth-order valence-corrected chi connectivity index (χ4v) is 2.90. The minimum absolute atomic E-state index is 0.990. The summed E-state index contributed by atoms with van der Waals surface area (Å²) in [6.07, 6.45) is 1.11. The molecule has 0 fully saturated rings. The van der Waals surface area contributed by atoms with Gasteiger partial charge in [0.2, 0.25) is 0 Å². The lowest BCUT2D eigenvalue weighted by atomic mass is 10.1. The Balaban J connectivity index is 1.78. The van der Waals surface area contributed by atoms with E-state index in [0.717, 1.165) is 32.6 Å². The van der Waals surface area contributed by atoms with Gasteiger partial charge in [-0.3, -0.25) is 0 Å². The molecule has 3 rings (SSSR count). The van der Waals surface area contributed by atoms with Crippen molar-refractivity contribution in [3.05, 3.63) is 65.2 Å². The van der Waals surface area contributed by atoms with Crippen LogP contribution in [0.1, 0.15) is 16.7 Å². The Bertz CT molecular complexity index is 563. The Kier molecular flexibility index (Phi) is 4.03. The average Bonchev–Trinajstić information content (AvgIpc) is 2.70. The van der Waals surface area contributed by atoms with E-state index < -0.39 is 0 Å². The van der Waals surface area contributed by atoms with Gasteiger partial charge in [-0.2, -0.15) is 0 Å². The second-order valence-corrected chi connectivity index (χ2v) is 5.47. The SMILES string of the molecule is Cc1cccc2c1CNCCN2CCc1ccccc1. The van der Waals surface area contributed by atoms with Crippen LogP contribution < -0.4 is 10.2 Å². The van der Waals surface area contributed by atoms with E-state index in [4.69, 9.17) is 0 Å². The minimum Gasteiger partial charge on any atom is -0.370 e. The normalized spacial score (nSPS) is 14.8. The lowest BCUT2D eigenvalue weighted by Gasteiger charge is -2.25. The second kappa shape index (κ2) is 6.10. The Morgan fingerprint density at radius 3 is 2.75 bits per heavy atom. The molecule has 0 bridgehead atoms. The molecule has 0 spiro atoms. The molecule has 1 heterocycles. The summed E-state index contributed by atoms with van der Waals surface area (Å²) in [4.78, 5) is 2.52. The highest BCUT2D eigenvalue weighted by molar-refractivity contribution is 5.57. The molecule has 104 valence electrons. The number of anilines is 1. The Morgan fingerprint density at radius 2 is 1.90 bits per heavy atom. The molecule has 0 saturated heterocycles. The van der Waals surface area contributed by atoms with Gasteiger partial charge in [0.1, 0.15) is 0 Å². The van der Waals surface area contributed by atoms with Gasteiger partial charge in [-0.25, -0.2) is 0 Å². The number of nitrogens with zero attached hydrogens (tertiary/aromatic N) is 1. The van der Waals surface area contributed by atoms with E-state index in [9.17, 15) is 0 Å². The summed E-state index contributed by atoms with van der Waals surface area (Å²) >= 11 is 0. The summed E-state index contributed by atoms with van der Waals surface area (Å²) in [7, 11) is 0. The zero-order chi connectivity index (χ0) is 13.8. The van der Waals surface area contributed by atoms with Gasteiger partial charge in [0, 0.05) is 31.9 Å². The van der Waals surface area contributed by atoms with Crippen LogP contribution in [0, 0.1) is 6.92 Å². The number of nitrogens with one attached hydrogen (secondary N) is 1. The van der Waals surface area contributed by atoms with Crippen molar-refractivity contribution >= 4 is 5.69 Å². The fourth-order valence-electron chi connectivity index (χ4n) is 2.90. The van der Waals surface area contributed by atoms with Crippen molar-refractivity contribution in [3.63, 3.8) is 0 Å². The average molecular weight is 266 g/mol. The van der Waals surface area contributed by atoms with Crippen molar-refractivity contribution in [2.75, 3.05) is 24.5 Å². The number of hydrogen-bond donors (Lipinski definition) is 1. The molecule has 20 heavy (non-hydrogen) atoms. The standard InChI is InChI=1S/C18H22N2/c1-15-6-5-9-18-17(15)14-19-11-13-20(18)12-10-16-7-3-2-4-8-16/h2-9,19H,10-14H2,1H3. The first kappa shape index (κ1) is 13.2. The summed E-state index contributed by atoms with van der Waals surface area (Å²) in [6, 6.07) is 17.4. The third-order valence-corrected chi connectivity index (χ3v) is 4.10. The molecular formula is C18H22N2. The van der Waals surface area contributed by atoms with Gasteiger partial charge in [0.25, 0.3) is 0 Å². The van der Waals surface area contributed by atoms with Crippen molar-refractivity contribution in [2.45, 2.75) is 19.9 Å². The summed E-state index contributed by atoms with van der Waals surface area (Å²) in [6.45, 7) is 6.43. The van der Waals surface area contributed by atoms with Crippen LogP contribution in [-0.2, 0) is 13.0 Å². The number of fused-ring (bicyclic) bond motifs is 1. The maximum atomic E-state index is 3.53. The van der Waals surface area contributed by atoms with Crippen LogP contribution in [0.3, 0.4) is 0 Å². The van der Waals surface area contributed by atoms with Crippen LogP contribution in [-0.4, -0.2) is 19.6 Å². The van der Waals surface area contributed by atoms with Gasteiger partial charge in [-0.15, -0.1) is 0 Å². The number of benzene rings is 2. The summed E-state index contributed by atoms with van der Waals surface area (Å²) in [5, 5.41) is 3.53. The highest BCUT2D eigenvalue weighted by atomic mass is 15.2. The zero-order valence-electron chi connectivity index (χ0n) is 12.1. The van der Waals surface area contributed by atoms with Crippen LogP contribution in [0.15, 0.2) is 48.5 Å². The molecule has 2 nitrogen and oxygen atoms in total. The van der Waals surface area contributed by atoms with Crippen molar-refractivity contribution in [3.8, 4) is 0 Å². The molecule has 1 aliphatic heterocycles. The predicted octanol–water partition coefficient (Wildman–Crippen LogP) is 3.15. The Hall–Kier alpha value is -1.80. The molecule has 0 radical (unpaired) electrons. The third-order valence-electron chi connectivity index (χ3n) is 4.10. The molecule has 1 N–H and O–H groups in total. The smallest absolute Gasteiger partial charge is 0.0415 e. The molecule has 0 unspecified atom stereocenters. The molecule has 2 aromatic carbocycles. The maximum absolute atomic E-state index is 3.53. The van der Waals surface area contributed by atoms with Gasteiger partial charge in [-0.1, -0.05) is 42.5 Å². The number of hydrogen-bond acceptors (Lipinski definition) is 2. The van der Waals surface area contributed by atoms with E-state index in [1.165, 1.54) is 22.4 Å². The van der Waals surface area contributed by atoms with Gasteiger partial charge in [-0.05, 0) is 36.1 Å². The van der Waals surface area contributed by atoms with Crippen LogP contribution >= 0.6 is 0 Å². The first-order chi connectivity index (χ1) is 9.84. The molecule has 0 saturated carbocycles. The number of rotatable bonds is 3. The Labute approximate surface area is 121 Å². The van der Waals surface area contributed by atoms with E-state index in [0.29, 0.717) is 0 Å². The van der Waals surface area contributed by atoms with Gasteiger partial charge >= 0.3 is 0 Å². The van der Waals surface area contributed by atoms with Gasteiger partial charge in [0.15, 0.2) is 0 Å². The summed E-state index contributed by atoms with van der Waals surface area (Å²) in [5.41, 5.74) is 5.67. The van der Waals surface area contributed by atoms with Gasteiger partial charge < -0.3 is 10.2 Å². The molecule has 0 aromatic heterocycles. The number of aryl methyl sites for hydroxylation is 1. The molecule has 2 heteroatoms. The van der Waals surface area contributed by atoms with Crippen molar-refractivity contribution < 1.29 is 0 Å². The summed E-state index contributed by atoms with van der Waals surface area (Å²) in [5.74, 6) is 0. The lowest BCUT2D eigenvalue weighted by molar-refractivity contribution is 0.686. The Morgan fingerprint density at radius 1 is 1.05 bits per heavy atom. The zero-order valence-corrected chi connectivity index (χ0v) is 12.1. The van der Waals surface area contributed by atoms with Crippen molar-refractivity contribution in [1.29, 1.82) is 0 Å². The third kappa shape index (κ3) is 2.86.